The average Bonchev–Trinajstić information content (AvgIpc) is 3.24. The molecular weight excluding hydrogens is 311 g/mol. The molecule has 0 saturated heterocycles. The topological polar surface area (TPSA) is 25.2 Å². The normalized spacial score (nSPS) is 17.1. The second kappa shape index (κ2) is 5.66. The molecule has 1 atom stereocenters. The van der Waals surface area contributed by atoms with Gasteiger partial charge in [0.25, 0.3) is 5.91 Å². The predicted octanol–water partition coefficient (Wildman–Crippen LogP) is 3.93. The number of aromatic nitrogens is 1. The number of halogens is 1. The molecule has 0 unspecified atom stereocenters. The monoisotopic (exact) mass is 326 g/mol. The molecule has 0 radical (unpaired) electrons. The lowest BCUT2D eigenvalue weighted by Crippen LogP contribution is -2.42. The van der Waals surface area contributed by atoms with E-state index in [9.17, 15) is 9.18 Å². The lowest BCUT2D eigenvalue weighted by Gasteiger charge is -2.36. The van der Waals surface area contributed by atoms with E-state index in [1.807, 2.05) is 34.7 Å². The van der Waals surface area contributed by atoms with Gasteiger partial charge >= 0.3 is 0 Å². The third-order valence-electron chi connectivity index (χ3n) is 4.18. The van der Waals surface area contributed by atoms with Crippen LogP contribution in [-0.4, -0.2) is 21.9 Å². The molecule has 23 heavy (non-hydrogen) atoms. The first-order valence-corrected chi connectivity index (χ1v) is 8.37. The first-order chi connectivity index (χ1) is 11.2. The van der Waals surface area contributed by atoms with E-state index in [-0.39, 0.29) is 17.8 Å². The summed E-state index contributed by atoms with van der Waals surface area (Å²) >= 11 is 1.63. The van der Waals surface area contributed by atoms with Crippen LogP contribution in [0.1, 0.15) is 27.0 Å². The van der Waals surface area contributed by atoms with Crippen LogP contribution in [-0.2, 0) is 6.54 Å². The van der Waals surface area contributed by atoms with Crippen molar-refractivity contribution in [1.29, 1.82) is 0 Å². The van der Waals surface area contributed by atoms with E-state index in [0.717, 1.165) is 17.1 Å². The SMILES string of the molecule is O=C(c1cccc(F)c1)N1CCn2cccc2[C@@H]1c1cccs1. The maximum atomic E-state index is 13.5. The van der Waals surface area contributed by atoms with E-state index in [1.54, 1.807) is 23.5 Å². The Kier molecular flexibility index (Phi) is 3.50. The summed E-state index contributed by atoms with van der Waals surface area (Å²) in [7, 11) is 0. The molecule has 1 amide bonds. The third-order valence-corrected chi connectivity index (χ3v) is 5.11. The number of benzene rings is 1. The fourth-order valence-corrected chi connectivity index (χ4v) is 3.98. The molecule has 3 nitrogen and oxygen atoms in total. The molecule has 3 heterocycles. The Morgan fingerprint density at radius 2 is 2.04 bits per heavy atom. The van der Waals surface area contributed by atoms with Gasteiger partial charge in [-0.25, -0.2) is 4.39 Å². The predicted molar refractivity (Wildman–Crippen MR) is 88.0 cm³/mol. The number of fused-ring (bicyclic) bond motifs is 1. The fourth-order valence-electron chi connectivity index (χ4n) is 3.14. The van der Waals surface area contributed by atoms with Gasteiger partial charge in [0.05, 0.1) is 0 Å². The maximum absolute atomic E-state index is 13.5. The molecule has 4 rings (SSSR count). The molecule has 5 heteroatoms. The van der Waals surface area contributed by atoms with Crippen LogP contribution in [0.3, 0.4) is 0 Å². The first kappa shape index (κ1) is 14.2. The van der Waals surface area contributed by atoms with Crippen LogP contribution < -0.4 is 0 Å². The standard InChI is InChI=1S/C18H15FN2OS/c19-14-5-1-4-13(12-14)18(22)21-10-9-20-8-2-6-15(20)17(21)16-7-3-11-23-16/h1-8,11-12,17H,9-10H2/t17-/m1/s1. The molecule has 1 aromatic carbocycles. The molecule has 3 aromatic rings. The number of thiophene rings is 1. The van der Waals surface area contributed by atoms with Crippen molar-refractivity contribution in [1.82, 2.24) is 9.47 Å². The van der Waals surface area contributed by atoms with Crippen LogP contribution in [0.2, 0.25) is 0 Å². The Hall–Kier alpha value is -2.40. The van der Waals surface area contributed by atoms with Crippen molar-refractivity contribution in [2.24, 2.45) is 0 Å². The summed E-state index contributed by atoms with van der Waals surface area (Å²) in [4.78, 5) is 15.9. The molecule has 116 valence electrons. The summed E-state index contributed by atoms with van der Waals surface area (Å²) in [6, 6.07) is 13.9. The van der Waals surface area contributed by atoms with Crippen LogP contribution in [0.15, 0.2) is 60.1 Å². The van der Waals surface area contributed by atoms with Gasteiger partial charge in [-0.1, -0.05) is 12.1 Å². The highest BCUT2D eigenvalue weighted by molar-refractivity contribution is 7.10. The van der Waals surface area contributed by atoms with Crippen LogP contribution >= 0.6 is 11.3 Å². The van der Waals surface area contributed by atoms with Gasteiger partial charge in [0.2, 0.25) is 0 Å². The summed E-state index contributed by atoms with van der Waals surface area (Å²) < 4.78 is 15.7. The van der Waals surface area contributed by atoms with Crippen LogP contribution in [0.5, 0.6) is 0 Å². The van der Waals surface area contributed by atoms with Gasteiger partial charge in [0, 0.05) is 35.4 Å². The van der Waals surface area contributed by atoms with E-state index in [0.29, 0.717) is 12.1 Å². The van der Waals surface area contributed by atoms with Crippen molar-refractivity contribution >= 4 is 17.2 Å². The molecule has 2 aromatic heterocycles. The smallest absolute Gasteiger partial charge is 0.254 e. The lowest BCUT2D eigenvalue weighted by molar-refractivity contribution is 0.0666. The highest BCUT2D eigenvalue weighted by Gasteiger charge is 2.33. The molecule has 0 spiro atoms. The number of hydrogen-bond acceptors (Lipinski definition) is 2. The summed E-state index contributed by atoms with van der Waals surface area (Å²) in [6.45, 7) is 1.37. The Balaban J connectivity index is 1.77. The largest absolute Gasteiger partial charge is 0.347 e. The quantitative estimate of drug-likeness (QED) is 0.700. The second-order valence-electron chi connectivity index (χ2n) is 5.55. The van der Waals surface area contributed by atoms with Crippen molar-refractivity contribution in [2.75, 3.05) is 6.54 Å². The number of hydrogen-bond donors (Lipinski definition) is 0. The summed E-state index contributed by atoms with van der Waals surface area (Å²) in [5.41, 5.74) is 1.50. The van der Waals surface area contributed by atoms with Crippen LogP contribution in [0.4, 0.5) is 4.39 Å². The maximum Gasteiger partial charge on any atom is 0.254 e. The van der Waals surface area contributed by atoms with Crippen molar-refractivity contribution in [2.45, 2.75) is 12.6 Å². The van der Waals surface area contributed by atoms with Gasteiger partial charge in [-0.3, -0.25) is 4.79 Å². The molecule has 0 bridgehead atoms. The van der Waals surface area contributed by atoms with E-state index >= 15 is 0 Å². The summed E-state index contributed by atoms with van der Waals surface area (Å²) in [5, 5.41) is 2.02. The number of carbonyl (C=O) groups is 1. The molecule has 0 fully saturated rings. The van der Waals surface area contributed by atoms with Gasteiger partial charge in [0.15, 0.2) is 0 Å². The zero-order valence-corrected chi connectivity index (χ0v) is 13.2. The van der Waals surface area contributed by atoms with Gasteiger partial charge < -0.3 is 9.47 Å². The summed E-state index contributed by atoms with van der Waals surface area (Å²) in [5.74, 6) is -0.515. The minimum atomic E-state index is -0.385. The number of rotatable bonds is 2. The van der Waals surface area contributed by atoms with E-state index in [2.05, 4.69) is 10.6 Å². The van der Waals surface area contributed by atoms with Gasteiger partial charge in [-0.15, -0.1) is 11.3 Å². The minimum Gasteiger partial charge on any atom is -0.347 e. The highest BCUT2D eigenvalue weighted by Crippen LogP contribution is 2.35. The summed E-state index contributed by atoms with van der Waals surface area (Å²) in [6.07, 6.45) is 2.04. The lowest BCUT2D eigenvalue weighted by atomic mass is 10.1. The second-order valence-corrected chi connectivity index (χ2v) is 6.53. The zero-order chi connectivity index (χ0) is 15.8. The van der Waals surface area contributed by atoms with Crippen molar-refractivity contribution in [3.05, 3.63) is 82.1 Å². The van der Waals surface area contributed by atoms with Crippen LogP contribution in [0.25, 0.3) is 0 Å². The molecule has 0 aliphatic carbocycles. The van der Waals surface area contributed by atoms with E-state index < -0.39 is 0 Å². The Bertz CT molecular complexity index is 840. The average molecular weight is 326 g/mol. The van der Waals surface area contributed by atoms with Gasteiger partial charge in [0.1, 0.15) is 11.9 Å². The van der Waals surface area contributed by atoms with Crippen molar-refractivity contribution in [3.8, 4) is 0 Å². The fraction of sp³-hybridized carbons (Fsp3) is 0.167. The zero-order valence-electron chi connectivity index (χ0n) is 12.4. The molecule has 1 aliphatic heterocycles. The molecule has 0 N–H and O–H groups in total. The molecular formula is C18H15FN2OS. The Morgan fingerprint density at radius 3 is 2.83 bits per heavy atom. The van der Waals surface area contributed by atoms with E-state index in [1.165, 1.54) is 12.1 Å². The van der Waals surface area contributed by atoms with E-state index in [4.69, 9.17) is 0 Å². The van der Waals surface area contributed by atoms with Crippen molar-refractivity contribution < 1.29 is 9.18 Å². The first-order valence-electron chi connectivity index (χ1n) is 7.49. The third kappa shape index (κ3) is 2.47. The van der Waals surface area contributed by atoms with Crippen LogP contribution in [0, 0.1) is 5.82 Å². The van der Waals surface area contributed by atoms with Crippen molar-refractivity contribution in [3.63, 3.8) is 0 Å². The minimum absolute atomic E-state index is 0.116. The Labute approximate surface area is 137 Å². The van der Waals surface area contributed by atoms with Gasteiger partial charge in [-0.2, -0.15) is 0 Å². The number of carbonyl (C=O) groups excluding carboxylic acids is 1. The Morgan fingerprint density at radius 1 is 1.13 bits per heavy atom. The van der Waals surface area contributed by atoms with Gasteiger partial charge in [-0.05, 0) is 41.8 Å². The highest BCUT2D eigenvalue weighted by atomic mass is 32.1. The number of nitrogens with zero attached hydrogens (tertiary/aromatic N) is 2. The number of amides is 1. The molecule has 0 saturated carbocycles. The molecule has 1 aliphatic rings.